The summed E-state index contributed by atoms with van der Waals surface area (Å²) < 4.78 is 5.87. The van der Waals surface area contributed by atoms with Crippen LogP contribution in [0.5, 0.6) is 5.75 Å². The summed E-state index contributed by atoms with van der Waals surface area (Å²) in [5.74, 6) is 3.35. The Morgan fingerprint density at radius 2 is 2.05 bits per heavy atom. The van der Waals surface area contributed by atoms with Gasteiger partial charge in [-0.1, -0.05) is 26.3 Å². The Morgan fingerprint density at radius 3 is 2.77 bits per heavy atom. The first-order valence-corrected chi connectivity index (χ1v) is 8.95. The molecule has 0 bridgehead atoms. The van der Waals surface area contributed by atoms with Crippen LogP contribution in [0, 0.1) is 11.8 Å². The van der Waals surface area contributed by atoms with Crippen LogP contribution in [-0.4, -0.2) is 19.2 Å². The standard InChI is InChI=1S/C20H31NO/c1-6-11-22-15-8-9-16-17-12-14(2)7-10-18(17)20(3,4)21(5)19(16)13-15/h8-9,13-14,17-18H,6-7,10-12H2,1-5H3/t14-,17+,18-/m1/s1. The van der Waals surface area contributed by atoms with Crippen molar-refractivity contribution in [1.82, 2.24) is 0 Å². The largest absolute Gasteiger partial charge is 0.494 e. The fourth-order valence-electron chi connectivity index (χ4n) is 4.57. The van der Waals surface area contributed by atoms with Crippen molar-refractivity contribution < 1.29 is 4.74 Å². The van der Waals surface area contributed by atoms with Crippen molar-refractivity contribution in [2.75, 3.05) is 18.6 Å². The molecule has 22 heavy (non-hydrogen) atoms. The summed E-state index contributed by atoms with van der Waals surface area (Å²) in [6, 6.07) is 6.78. The molecule has 0 radical (unpaired) electrons. The first-order valence-electron chi connectivity index (χ1n) is 8.95. The fourth-order valence-corrected chi connectivity index (χ4v) is 4.57. The first-order chi connectivity index (χ1) is 10.4. The van der Waals surface area contributed by atoms with Crippen molar-refractivity contribution in [3.8, 4) is 5.75 Å². The van der Waals surface area contributed by atoms with Gasteiger partial charge < -0.3 is 9.64 Å². The molecule has 3 rings (SSSR count). The predicted molar refractivity (Wildman–Crippen MR) is 94.0 cm³/mol. The summed E-state index contributed by atoms with van der Waals surface area (Å²) in [6.07, 6.45) is 5.13. The molecule has 0 aromatic heterocycles. The van der Waals surface area contributed by atoms with E-state index in [1.54, 1.807) is 5.56 Å². The molecule has 0 amide bonds. The molecule has 2 nitrogen and oxygen atoms in total. The molecule has 0 unspecified atom stereocenters. The van der Waals surface area contributed by atoms with E-state index >= 15 is 0 Å². The molecule has 1 aliphatic heterocycles. The van der Waals surface area contributed by atoms with E-state index in [2.05, 4.69) is 57.8 Å². The van der Waals surface area contributed by atoms with Crippen LogP contribution in [0.4, 0.5) is 5.69 Å². The highest BCUT2D eigenvalue weighted by Gasteiger charge is 2.46. The molecule has 122 valence electrons. The maximum atomic E-state index is 5.87. The van der Waals surface area contributed by atoms with E-state index < -0.39 is 0 Å². The summed E-state index contributed by atoms with van der Waals surface area (Å²) in [6.45, 7) is 10.2. The number of nitrogens with zero attached hydrogens (tertiary/aromatic N) is 1. The number of fused-ring (bicyclic) bond motifs is 3. The number of ether oxygens (including phenoxy) is 1. The molecule has 1 saturated carbocycles. The van der Waals surface area contributed by atoms with Crippen molar-refractivity contribution in [3.63, 3.8) is 0 Å². The van der Waals surface area contributed by atoms with Crippen LogP contribution in [0.15, 0.2) is 18.2 Å². The molecule has 1 aromatic carbocycles. The topological polar surface area (TPSA) is 12.5 Å². The zero-order valence-corrected chi connectivity index (χ0v) is 14.9. The van der Waals surface area contributed by atoms with Gasteiger partial charge in [0.25, 0.3) is 0 Å². The fraction of sp³-hybridized carbons (Fsp3) is 0.700. The molecule has 1 aliphatic carbocycles. The van der Waals surface area contributed by atoms with E-state index in [4.69, 9.17) is 4.74 Å². The molecular weight excluding hydrogens is 270 g/mol. The van der Waals surface area contributed by atoms with E-state index in [0.29, 0.717) is 5.92 Å². The number of hydrogen-bond donors (Lipinski definition) is 0. The van der Waals surface area contributed by atoms with Crippen LogP contribution in [0.1, 0.15) is 64.9 Å². The quantitative estimate of drug-likeness (QED) is 0.758. The number of benzene rings is 1. The normalized spacial score (nSPS) is 29.7. The maximum Gasteiger partial charge on any atom is 0.121 e. The number of anilines is 1. The summed E-state index contributed by atoms with van der Waals surface area (Å²) in [5.41, 5.74) is 3.15. The highest BCUT2D eigenvalue weighted by atomic mass is 16.5. The highest BCUT2D eigenvalue weighted by Crippen LogP contribution is 2.54. The van der Waals surface area contributed by atoms with Gasteiger partial charge in [-0.15, -0.1) is 0 Å². The lowest BCUT2D eigenvalue weighted by Crippen LogP contribution is -2.54. The Balaban J connectivity index is 2.00. The highest BCUT2D eigenvalue weighted by molar-refractivity contribution is 5.62. The van der Waals surface area contributed by atoms with Crippen LogP contribution >= 0.6 is 0 Å². The Labute approximate surface area is 135 Å². The van der Waals surface area contributed by atoms with E-state index in [0.717, 1.165) is 30.6 Å². The lowest BCUT2D eigenvalue weighted by atomic mass is 9.62. The molecule has 1 fully saturated rings. The van der Waals surface area contributed by atoms with Crippen LogP contribution < -0.4 is 9.64 Å². The van der Waals surface area contributed by atoms with Crippen LogP contribution in [0.25, 0.3) is 0 Å². The minimum Gasteiger partial charge on any atom is -0.494 e. The molecule has 2 heteroatoms. The van der Waals surface area contributed by atoms with E-state index in [1.165, 1.54) is 24.9 Å². The maximum absolute atomic E-state index is 5.87. The zero-order chi connectivity index (χ0) is 15.9. The van der Waals surface area contributed by atoms with Crippen molar-refractivity contribution in [2.45, 2.75) is 64.8 Å². The zero-order valence-electron chi connectivity index (χ0n) is 14.9. The average Bonchev–Trinajstić information content (AvgIpc) is 2.50. The van der Waals surface area contributed by atoms with Crippen molar-refractivity contribution >= 4 is 5.69 Å². The minimum absolute atomic E-state index is 0.223. The summed E-state index contributed by atoms with van der Waals surface area (Å²) in [7, 11) is 2.26. The Bertz CT molecular complexity index is 537. The monoisotopic (exact) mass is 301 g/mol. The molecule has 0 spiro atoms. The number of hydrogen-bond acceptors (Lipinski definition) is 2. The van der Waals surface area contributed by atoms with E-state index in [1.807, 2.05) is 0 Å². The second-order valence-corrected chi connectivity index (χ2v) is 7.91. The van der Waals surface area contributed by atoms with Gasteiger partial charge in [-0.05, 0) is 62.5 Å². The van der Waals surface area contributed by atoms with Gasteiger partial charge in [-0.3, -0.25) is 0 Å². The Morgan fingerprint density at radius 1 is 1.27 bits per heavy atom. The molecule has 0 N–H and O–H groups in total. The minimum atomic E-state index is 0.223. The van der Waals surface area contributed by atoms with Gasteiger partial charge in [-0.2, -0.15) is 0 Å². The summed E-state index contributed by atoms with van der Waals surface area (Å²) in [5, 5.41) is 0. The molecule has 1 heterocycles. The van der Waals surface area contributed by atoms with Crippen LogP contribution in [0.2, 0.25) is 0 Å². The van der Waals surface area contributed by atoms with Gasteiger partial charge in [0, 0.05) is 24.3 Å². The lowest BCUT2D eigenvalue weighted by Gasteiger charge is -2.54. The second kappa shape index (κ2) is 5.79. The Kier molecular flexibility index (Phi) is 4.13. The number of rotatable bonds is 3. The predicted octanol–water partition coefficient (Wildman–Crippen LogP) is 5.22. The van der Waals surface area contributed by atoms with Crippen molar-refractivity contribution in [2.24, 2.45) is 11.8 Å². The van der Waals surface area contributed by atoms with E-state index in [9.17, 15) is 0 Å². The van der Waals surface area contributed by atoms with Crippen LogP contribution in [0.3, 0.4) is 0 Å². The molecule has 1 aromatic rings. The Hall–Kier alpha value is -1.18. The SMILES string of the molecule is CCCOc1ccc2c(c1)N(C)C(C)(C)[C@@H]1CC[C@@H](C)C[C@@H]21. The van der Waals surface area contributed by atoms with Crippen LogP contribution in [-0.2, 0) is 0 Å². The molecule has 0 saturated heterocycles. The van der Waals surface area contributed by atoms with Gasteiger partial charge in [-0.25, -0.2) is 0 Å². The summed E-state index contributed by atoms with van der Waals surface area (Å²) in [4.78, 5) is 2.50. The van der Waals surface area contributed by atoms with Gasteiger partial charge in [0.15, 0.2) is 0 Å². The first kappa shape index (κ1) is 15.7. The molecule has 3 atom stereocenters. The second-order valence-electron chi connectivity index (χ2n) is 7.91. The van der Waals surface area contributed by atoms with Gasteiger partial charge >= 0.3 is 0 Å². The summed E-state index contributed by atoms with van der Waals surface area (Å²) >= 11 is 0. The third-order valence-electron chi connectivity index (χ3n) is 6.12. The average molecular weight is 301 g/mol. The van der Waals surface area contributed by atoms with Gasteiger partial charge in [0.2, 0.25) is 0 Å². The smallest absolute Gasteiger partial charge is 0.121 e. The van der Waals surface area contributed by atoms with Gasteiger partial charge in [0.05, 0.1) is 6.61 Å². The molecular formula is C20H31NO. The van der Waals surface area contributed by atoms with Crippen molar-refractivity contribution in [3.05, 3.63) is 23.8 Å². The van der Waals surface area contributed by atoms with Crippen molar-refractivity contribution in [1.29, 1.82) is 0 Å². The molecule has 2 aliphatic rings. The van der Waals surface area contributed by atoms with Gasteiger partial charge in [0.1, 0.15) is 5.75 Å². The van der Waals surface area contributed by atoms with E-state index in [-0.39, 0.29) is 5.54 Å². The third kappa shape index (κ3) is 2.51. The lowest BCUT2D eigenvalue weighted by molar-refractivity contribution is 0.157. The third-order valence-corrected chi connectivity index (χ3v) is 6.12.